The maximum Gasteiger partial charge on any atom is 0.132 e. The minimum absolute atomic E-state index is 0.844. The molecule has 2 rings (SSSR count). The topological polar surface area (TPSA) is 27.6 Å². The van der Waals surface area contributed by atoms with E-state index >= 15 is 0 Å². The van der Waals surface area contributed by atoms with Gasteiger partial charge in [0.1, 0.15) is 5.82 Å². The lowest BCUT2D eigenvalue weighted by atomic mass is 10.1. The van der Waals surface area contributed by atoms with Crippen LogP contribution < -0.4 is 5.32 Å². The van der Waals surface area contributed by atoms with E-state index in [1.165, 1.54) is 11.1 Å². The number of hydrogen-bond acceptors (Lipinski definition) is 3. The Morgan fingerprint density at radius 2 is 1.58 bits per heavy atom. The van der Waals surface area contributed by atoms with Gasteiger partial charge in [-0.3, -0.25) is 0 Å². The molecule has 0 unspecified atom stereocenters. The predicted molar refractivity (Wildman–Crippen MR) is 105 cm³/mol. The van der Waals surface area contributed by atoms with Crippen molar-refractivity contribution in [1.29, 1.82) is 0 Å². The first kappa shape index (κ1) is 17.5. The van der Waals surface area contributed by atoms with Gasteiger partial charge in [-0.05, 0) is 37.1 Å². The van der Waals surface area contributed by atoms with E-state index in [1.807, 2.05) is 38.9 Å². The molecule has 0 saturated carbocycles. The van der Waals surface area contributed by atoms with Crippen LogP contribution >= 0.6 is 0 Å². The van der Waals surface area contributed by atoms with Crippen molar-refractivity contribution in [3.63, 3.8) is 0 Å². The number of anilines is 1. The minimum Gasteiger partial charge on any atom is -0.362 e. The zero-order valence-corrected chi connectivity index (χ0v) is 14.9. The van der Waals surface area contributed by atoms with Crippen molar-refractivity contribution in [2.75, 3.05) is 19.4 Å². The van der Waals surface area contributed by atoms with Crippen LogP contribution in [0.1, 0.15) is 13.8 Å². The molecule has 3 nitrogen and oxygen atoms in total. The van der Waals surface area contributed by atoms with E-state index in [0.717, 1.165) is 22.8 Å². The molecule has 0 heterocycles. The van der Waals surface area contributed by atoms with Gasteiger partial charge in [-0.1, -0.05) is 49.0 Å². The second kappa shape index (κ2) is 8.16. The Labute approximate surface area is 145 Å². The van der Waals surface area contributed by atoms with E-state index < -0.39 is 0 Å². The van der Waals surface area contributed by atoms with Crippen LogP contribution in [0.5, 0.6) is 0 Å². The van der Waals surface area contributed by atoms with E-state index in [9.17, 15) is 0 Å². The van der Waals surface area contributed by atoms with E-state index in [0.29, 0.717) is 0 Å². The fraction of sp³-hybridized carbons (Fsp3) is 0.190. The largest absolute Gasteiger partial charge is 0.362 e. The summed E-state index contributed by atoms with van der Waals surface area (Å²) in [5.41, 5.74) is 5.29. The minimum atomic E-state index is 0.844. The third kappa shape index (κ3) is 4.35. The lowest BCUT2D eigenvalue weighted by Crippen LogP contribution is -2.14. The molecular weight excluding hydrogens is 294 g/mol. The van der Waals surface area contributed by atoms with Gasteiger partial charge in [0.25, 0.3) is 0 Å². The van der Waals surface area contributed by atoms with Gasteiger partial charge < -0.3 is 10.2 Å². The molecule has 0 bridgehead atoms. The molecular formula is C21H25N3. The highest BCUT2D eigenvalue weighted by molar-refractivity contribution is 5.67. The van der Waals surface area contributed by atoms with E-state index in [-0.39, 0.29) is 0 Å². The molecule has 0 spiro atoms. The van der Waals surface area contributed by atoms with Crippen molar-refractivity contribution in [1.82, 2.24) is 4.90 Å². The third-order valence-corrected chi connectivity index (χ3v) is 3.75. The molecule has 0 aliphatic rings. The van der Waals surface area contributed by atoms with Crippen molar-refractivity contribution < 1.29 is 0 Å². The summed E-state index contributed by atoms with van der Waals surface area (Å²) in [6.45, 7) is 8.08. The van der Waals surface area contributed by atoms with Crippen LogP contribution in [0, 0.1) is 0 Å². The molecule has 0 saturated heterocycles. The molecule has 0 fully saturated rings. The van der Waals surface area contributed by atoms with E-state index in [2.05, 4.69) is 65.4 Å². The molecule has 0 aliphatic carbocycles. The SMILES string of the molecule is C=C(Nc1ccc(-c2ccccc2)cc1)/C(C)=C(\N=C/C)N(C)C. The van der Waals surface area contributed by atoms with Gasteiger partial charge in [0.05, 0.1) is 0 Å². The van der Waals surface area contributed by atoms with Gasteiger partial charge in [0, 0.05) is 37.3 Å². The Hall–Kier alpha value is -2.81. The first-order chi connectivity index (χ1) is 11.5. The molecule has 2 aromatic carbocycles. The first-order valence-electron chi connectivity index (χ1n) is 8.01. The van der Waals surface area contributed by atoms with Crippen molar-refractivity contribution in [3.8, 4) is 11.1 Å². The monoisotopic (exact) mass is 319 g/mol. The fourth-order valence-corrected chi connectivity index (χ4v) is 2.45. The van der Waals surface area contributed by atoms with Gasteiger partial charge in [0.2, 0.25) is 0 Å². The highest BCUT2D eigenvalue weighted by Gasteiger charge is 2.07. The lowest BCUT2D eigenvalue weighted by molar-refractivity contribution is 0.501. The molecule has 0 atom stereocenters. The van der Waals surface area contributed by atoms with Gasteiger partial charge >= 0.3 is 0 Å². The first-order valence-corrected chi connectivity index (χ1v) is 8.01. The van der Waals surface area contributed by atoms with Gasteiger partial charge in [-0.2, -0.15) is 0 Å². The van der Waals surface area contributed by atoms with Crippen LogP contribution in [0.2, 0.25) is 0 Å². The number of allylic oxidation sites excluding steroid dienone is 1. The van der Waals surface area contributed by atoms with Crippen molar-refractivity contribution in [3.05, 3.63) is 78.3 Å². The standard InChI is InChI=1S/C21H25N3/c1-6-22-21(24(4)5)16(2)17(3)23-20-14-12-19(13-15-20)18-10-8-7-9-11-18/h6-15,23H,3H2,1-2,4-5H3/b21-16+,22-6-. The van der Waals surface area contributed by atoms with Gasteiger partial charge in [0.15, 0.2) is 0 Å². The summed E-state index contributed by atoms with van der Waals surface area (Å²) in [4.78, 5) is 6.41. The molecule has 0 aromatic heterocycles. The van der Waals surface area contributed by atoms with Crippen LogP contribution in [0.25, 0.3) is 11.1 Å². The van der Waals surface area contributed by atoms with Crippen molar-refractivity contribution >= 4 is 11.9 Å². The molecule has 124 valence electrons. The summed E-state index contributed by atoms with van der Waals surface area (Å²) in [5.74, 6) is 0.899. The number of nitrogens with one attached hydrogen (secondary N) is 1. The summed E-state index contributed by atoms with van der Waals surface area (Å²) in [6, 6.07) is 18.7. The van der Waals surface area contributed by atoms with Crippen LogP contribution in [-0.4, -0.2) is 25.2 Å². The van der Waals surface area contributed by atoms with E-state index in [1.54, 1.807) is 6.21 Å². The van der Waals surface area contributed by atoms with Crippen LogP contribution in [0.15, 0.2) is 83.3 Å². The maximum absolute atomic E-state index is 4.42. The summed E-state index contributed by atoms with van der Waals surface area (Å²) >= 11 is 0. The normalized spacial score (nSPS) is 12.0. The molecule has 3 heteroatoms. The zero-order chi connectivity index (χ0) is 17.5. The van der Waals surface area contributed by atoms with Crippen molar-refractivity contribution in [2.45, 2.75) is 13.8 Å². The Morgan fingerprint density at radius 3 is 2.12 bits per heavy atom. The molecule has 2 aromatic rings. The average molecular weight is 319 g/mol. The van der Waals surface area contributed by atoms with Gasteiger partial charge in [-0.25, -0.2) is 4.99 Å². The number of nitrogens with zero attached hydrogens (tertiary/aromatic N) is 2. The molecule has 0 aliphatic heterocycles. The highest BCUT2D eigenvalue weighted by atomic mass is 15.2. The van der Waals surface area contributed by atoms with E-state index in [4.69, 9.17) is 0 Å². The second-order valence-corrected chi connectivity index (χ2v) is 5.78. The smallest absolute Gasteiger partial charge is 0.132 e. The van der Waals surface area contributed by atoms with Crippen LogP contribution in [0.3, 0.4) is 0 Å². The molecule has 24 heavy (non-hydrogen) atoms. The van der Waals surface area contributed by atoms with Crippen LogP contribution in [-0.2, 0) is 0 Å². The fourth-order valence-electron chi connectivity index (χ4n) is 2.45. The summed E-state index contributed by atoms with van der Waals surface area (Å²) in [5, 5.41) is 3.36. The lowest BCUT2D eigenvalue weighted by Gasteiger charge is -2.18. The molecule has 0 radical (unpaired) electrons. The second-order valence-electron chi connectivity index (χ2n) is 5.78. The Morgan fingerprint density at radius 1 is 1.00 bits per heavy atom. The Kier molecular flexibility index (Phi) is 5.96. The Balaban J connectivity index is 2.16. The molecule has 0 amide bonds. The summed E-state index contributed by atoms with van der Waals surface area (Å²) < 4.78 is 0. The predicted octanol–water partition coefficient (Wildman–Crippen LogP) is 5.16. The number of rotatable bonds is 6. The van der Waals surface area contributed by atoms with Crippen LogP contribution in [0.4, 0.5) is 5.69 Å². The van der Waals surface area contributed by atoms with Gasteiger partial charge in [-0.15, -0.1) is 0 Å². The highest BCUT2D eigenvalue weighted by Crippen LogP contribution is 2.23. The Bertz CT molecular complexity index is 738. The summed E-state index contributed by atoms with van der Waals surface area (Å²) in [6.07, 6.45) is 1.79. The number of aliphatic imine (C=N–C) groups is 1. The zero-order valence-electron chi connectivity index (χ0n) is 14.9. The number of benzene rings is 2. The third-order valence-electron chi connectivity index (χ3n) is 3.75. The summed E-state index contributed by atoms with van der Waals surface area (Å²) in [7, 11) is 3.96. The van der Waals surface area contributed by atoms with Crippen molar-refractivity contribution in [2.24, 2.45) is 4.99 Å². The average Bonchev–Trinajstić information content (AvgIpc) is 2.60. The molecule has 1 N–H and O–H groups in total. The number of hydrogen-bond donors (Lipinski definition) is 1. The maximum atomic E-state index is 4.42. The quantitative estimate of drug-likeness (QED) is 0.588.